The largest absolute Gasteiger partial charge is 0.497 e. The monoisotopic (exact) mass is 395 g/mol. The number of fused-ring (bicyclic) bond motifs is 1. The zero-order chi connectivity index (χ0) is 20.2. The maximum atomic E-state index is 12.3. The molecule has 0 bridgehead atoms. The fourth-order valence-corrected chi connectivity index (χ4v) is 3.54. The highest BCUT2D eigenvalue weighted by atomic mass is 16.5. The molecule has 152 valence electrons. The Bertz CT molecular complexity index is 995. The molecule has 4 rings (SSSR count). The van der Waals surface area contributed by atoms with Crippen molar-refractivity contribution in [2.45, 2.75) is 26.2 Å². The Morgan fingerprint density at radius 1 is 1.17 bits per heavy atom. The van der Waals surface area contributed by atoms with Gasteiger partial charge in [-0.3, -0.25) is 4.79 Å². The van der Waals surface area contributed by atoms with Crippen molar-refractivity contribution in [2.24, 2.45) is 0 Å². The van der Waals surface area contributed by atoms with E-state index in [1.54, 1.807) is 11.8 Å². The van der Waals surface area contributed by atoms with Gasteiger partial charge < -0.3 is 14.5 Å². The summed E-state index contributed by atoms with van der Waals surface area (Å²) in [5.74, 6) is 1.73. The summed E-state index contributed by atoms with van der Waals surface area (Å²) < 4.78 is 6.99. The third-order valence-corrected chi connectivity index (χ3v) is 5.19. The Morgan fingerprint density at radius 3 is 2.76 bits per heavy atom. The number of hydrogen-bond donors (Lipinski definition) is 0. The summed E-state index contributed by atoms with van der Waals surface area (Å²) in [6.45, 7) is 4.92. The van der Waals surface area contributed by atoms with E-state index in [2.05, 4.69) is 32.1 Å². The maximum Gasteiger partial charge on any atom is 0.222 e. The molecule has 1 aliphatic heterocycles. The van der Waals surface area contributed by atoms with Gasteiger partial charge in [0.1, 0.15) is 12.1 Å². The normalized spacial score (nSPS) is 14.4. The Morgan fingerprint density at radius 2 is 2.00 bits per heavy atom. The lowest BCUT2D eigenvalue weighted by Gasteiger charge is -2.35. The average molecular weight is 395 g/mol. The van der Waals surface area contributed by atoms with Gasteiger partial charge in [0.25, 0.3) is 0 Å². The van der Waals surface area contributed by atoms with Crippen LogP contribution in [0.15, 0.2) is 30.6 Å². The van der Waals surface area contributed by atoms with E-state index < -0.39 is 0 Å². The van der Waals surface area contributed by atoms with Gasteiger partial charge in [0.15, 0.2) is 17.0 Å². The zero-order valence-electron chi connectivity index (χ0n) is 16.8. The fraction of sp³-hybridized carbons (Fsp3) is 0.450. The summed E-state index contributed by atoms with van der Waals surface area (Å²) in [4.78, 5) is 25.2. The van der Waals surface area contributed by atoms with Crippen LogP contribution in [0.2, 0.25) is 0 Å². The summed E-state index contributed by atoms with van der Waals surface area (Å²) in [7, 11) is 1.63. The van der Waals surface area contributed by atoms with E-state index in [1.807, 2.05) is 29.2 Å². The van der Waals surface area contributed by atoms with Gasteiger partial charge in [0.05, 0.1) is 12.8 Å². The number of nitrogens with zero attached hydrogens (tertiary/aromatic N) is 7. The minimum Gasteiger partial charge on any atom is -0.497 e. The van der Waals surface area contributed by atoms with Crippen molar-refractivity contribution in [3.63, 3.8) is 0 Å². The molecular formula is C20H25N7O2. The highest BCUT2D eigenvalue weighted by molar-refractivity contribution is 5.84. The minimum absolute atomic E-state index is 0.239. The van der Waals surface area contributed by atoms with Crippen molar-refractivity contribution in [3.8, 4) is 11.4 Å². The number of ether oxygens (including phenoxy) is 1. The number of methoxy groups -OCH3 is 1. The first kappa shape index (κ1) is 19.1. The first-order valence-electron chi connectivity index (χ1n) is 9.95. The number of hydrogen-bond acceptors (Lipinski definition) is 7. The molecule has 9 heteroatoms. The number of rotatable bonds is 6. The SMILES string of the molecule is CCCCC(=O)N1CCN(c2ncnc3c2nnn3-c2cccc(OC)c2)CC1. The van der Waals surface area contributed by atoms with Gasteiger partial charge in [0, 0.05) is 38.7 Å². The summed E-state index contributed by atoms with van der Waals surface area (Å²) in [6, 6.07) is 7.60. The third kappa shape index (κ3) is 3.85. The molecule has 29 heavy (non-hydrogen) atoms. The lowest BCUT2D eigenvalue weighted by Crippen LogP contribution is -2.49. The van der Waals surface area contributed by atoms with Crippen LogP contribution in [-0.4, -0.2) is 69.1 Å². The second-order valence-corrected chi connectivity index (χ2v) is 7.04. The van der Waals surface area contributed by atoms with Crippen LogP contribution < -0.4 is 9.64 Å². The number of amides is 1. The van der Waals surface area contributed by atoms with E-state index in [1.165, 1.54) is 6.33 Å². The lowest BCUT2D eigenvalue weighted by molar-refractivity contribution is -0.131. The molecule has 0 radical (unpaired) electrons. The maximum absolute atomic E-state index is 12.3. The molecular weight excluding hydrogens is 370 g/mol. The Balaban J connectivity index is 1.55. The van der Waals surface area contributed by atoms with Crippen LogP contribution >= 0.6 is 0 Å². The molecule has 3 aromatic rings. The van der Waals surface area contributed by atoms with Gasteiger partial charge in [-0.1, -0.05) is 24.6 Å². The Kier molecular flexibility index (Phi) is 5.55. The van der Waals surface area contributed by atoms with Crippen LogP contribution in [0.1, 0.15) is 26.2 Å². The van der Waals surface area contributed by atoms with E-state index in [0.717, 1.165) is 43.2 Å². The van der Waals surface area contributed by atoms with Gasteiger partial charge in [-0.25, -0.2) is 9.97 Å². The predicted octanol–water partition coefficient (Wildman–Crippen LogP) is 2.06. The van der Waals surface area contributed by atoms with Crippen molar-refractivity contribution in [2.75, 3.05) is 38.2 Å². The van der Waals surface area contributed by atoms with Gasteiger partial charge in [0.2, 0.25) is 5.91 Å². The van der Waals surface area contributed by atoms with Gasteiger partial charge >= 0.3 is 0 Å². The van der Waals surface area contributed by atoms with Crippen LogP contribution in [0.25, 0.3) is 16.9 Å². The topological polar surface area (TPSA) is 89.3 Å². The lowest BCUT2D eigenvalue weighted by atomic mass is 10.2. The third-order valence-electron chi connectivity index (χ3n) is 5.19. The molecule has 0 aliphatic carbocycles. The molecule has 1 aliphatic rings. The molecule has 1 fully saturated rings. The molecule has 0 saturated carbocycles. The number of benzene rings is 1. The number of carbonyl (C=O) groups is 1. The average Bonchev–Trinajstić information content (AvgIpc) is 3.22. The first-order valence-corrected chi connectivity index (χ1v) is 9.95. The molecule has 1 amide bonds. The summed E-state index contributed by atoms with van der Waals surface area (Å²) in [5.41, 5.74) is 2.12. The smallest absolute Gasteiger partial charge is 0.222 e. The van der Waals surface area contributed by atoms with Crippen LogP contribution in [0.3, 0.4) is 0 Å². The zero-order valence-corrected chi connectivity index (χ0v) is 16.8. The van der Waals surface area contributed by atoms with Crippen molar-refractivity contribution >= 4 is 22.9 Å². The van der Waals surface area contributed by atoms with E-state index >= 15 is 0 Å². The van der Waals surface area contributed by atoms with Crippen molar-refractivity contribution < 1.29 is 9.53 Å². The van der Waals surface area contributed by atoms with Crippen molar-refractivity contribution in [1.82, 2.24) is 29.9 Å². The number of unbranched alkanes of at least 4 members (excludes halogenated alkanes) is 1. The summed E-state index contributed by atoms with van der Waals surface area (Å²) in [5, 5.41) is 8.64. The molecule has 0 unspecified atom stereocenters. The number of piperazine rings is 1. The predicted molar refractivity (Wildman–Crippen MR) is 109 cm³/mol. The van der Waals surface area contributed by atoms with Crippen LogP contribution in [-0.2, 0) is 4.79 Å². The van der Waals surface area contributed by atoms with Gasteiger partial charge in [-0.05, 0) is 18.6 Å². The molecule has 1 saturated heterocycles. The number of aromatic nitrogens is 5. The summed E-state index contributed by atoms with van der Waals surface area (Å²) >= 11 is 0. The fourth-order valence-electron chi connectivity index (χ4n) is 3.54. The van der Waals surface area contributed by atoms with Gasteiger partial charge in [-0.15, -0.1) is 5.10 Å². The minimum atomic E-state index is 0.239. The first-order chi connectivity index (χ1) is 14.2. The molecule has 1 aromatic carbocycles. The molecule has 0 spiro atoms. The second kappa shape index (κ2) is 8.42. The molecule has 0 atom stereocenters. The van der Waals surface area contributed by atoms with Crippen molar-refractivity contribution in [1.29, 1.82) is 0 Å². The van der Waals surface area contributed by atoms with E-state index in [0.29, 0.717) is 30.7 Å². The van der Waals surface area contributed by atoms with Crippen LogP contribution in [0.4, 0.5) is 5.82 Å². The standard InChI is InChI=1S/C20H25N7O2/c1-3-4-8-17(28)25-9-11-26(12-10-25)19-18-20(22-14-21-19)27(24-23-18)15-6-5-7-16(13-15)29-2/h5-7,13-14H,3-4,8-12H2,1-2H3. The molecule has 0 N–H and O–H groups in total. The number of anilines is 1. The van der Waals surface area contributed by atoms with E-state index in [-0.39, 0.29) is 5.91 Å². The van der Waals surface area contributed by atoms with Crippen LogP contribution in [0, 0.1) is 0 Å². The second-order valence-electron chi connectivity index (χ2n) is 7.04. The highest BCUT2D eigenvalue weighted by Gasteiger charge is 2.24. The van der Waals surface area contributed by atoms with Crippen LogP contribution in [0.5, 0.6) is 5.75 Å². The molecule has 9 nitrogen and oxygen atoms in total. The number of carbonyl (C=O) groups excluding carboxylic acids is 1. The Labute approximate surface area is 169 Å². The summed E-state index contributed by atoms with van der Waals surface area (Å²) in [6.07, 6.45) is 4.14. The molecule has 2 aromatic heterocycles. The molecule has 3 heterocycles. The van der Waals surface area contributed by atoms with Gasteiger partial charge in [-0.2, -0.15) is 4.68 Å². The highest BCUT2D eigenvalue weighted by Crippen LogP contribution is 2.25. The van der Waals surface area contributed by atoms with Crippen molar-refractivity contribution in [3.05, 3.63) is 30.6 Å². The quantitative estimate of drug-likeness (QED) is 0.631. The Hall–Kier alpha value is -3.23. The van der Waals surface area contributed by atoms with E-state index in [9.17, 15) is 4.79 Å². The van der Waals surface area contributed by atoms with E-state index in [4.69, 9.17) is 4.74 Å².